The molecule has 0 saturated carbocycles. The summed E-state index contributed by atoms with van der Waals surface area (Å²) in [5, 5.41) is -0.370. The zero-order valence-corrected chi connectivity index (χ0v) is 11.2. The number of carbonyl (C=O) groups excluding carboxylic acids is 1. The average molecular weight is 283 g/mol. The summed E-state index contributed by atoms with van der Waals surface area (Å²) in [7, 11) is 0. The molecule has 0 atom stereocenters. The fraction of sp³-hybridized carbons (Fsp3) is 0.231. The molecule has 18 heavy (non-hydrogen) atoms. The Labute approximate surface area is 116 Å². The van der Waals surface area contributed by atoms with Gasteiger partial charge in [-0.3, -0.25) is 9.78 Å². The lowest BCUT2D eigenvalue weighted by molar-refractivity contribution is 0.108. The van der Waals surface area contributed by atoms with Gasteiger partial charge in [0.15, 0.2) is 0 Å². The highest BCUT2D eigenvalue weighted by Crippen LogP contribution is 2.31. The highest BCUT2D eigenvalue weighted by molar-refractivity contribution is 6.68. The van der Waals surface area contributed by atoms with Crippen molar-refractivity contribution in [3.8, 4) is 11.3 Å². The van der Waals surface area contributed by atoms with E-state index >= 15 is 0 Å². The fourth-order valence-corrected chi connectivity index (χ4v) is 2.61. The van der Waals surface area contributed by atoms with Crippen LogP contribution in [0.3, 0.4) is 0 Å². The smallest absolute Gasteiger partial charge is 0.254 e. The van der Waals surface area contributed by atoms with Crippen LogP contribution in [0, 0.1) is 0 Å². The van der Waals surface area contributed by atoms with Crippen LogP contribution >= 0.6 is 24.0 Å². The summed E-state index contributed by atoms with van der Waals surface area (Å²) in [5.41, 5.74) is 3.77. The third-order valence-corrected chi connectivity index (χ3v) is 3.38. The molecule has 94 valence electrons. The van der Waals surface area contributed by atoms with Crippen molar-refractivity contribution in [2.24, 2.45) is 0 Å². The minimum Gasteiger partial charge on any atom is -0.344 e. The zero-order chi connectivity index (χ0) is 11.8. The number of pyridine rings is 1. The fourth-order valence-electron chi connectivity index (χ4n) is 2.44. The topological polar surface area (TPSA) is 34.9 Å². The number of carbonyl (C=O) groups is 1. The number of fused-ring (bicyclic) bond motifs is 1. The molecule has 0 amide bonds. The first kappa shape index (κ1) is 13.1. The summed E-state index contributed by atoms with van der Waals surface area (Å²) < 4.78 is 2.17. The number of halogens is 2. The third kappa shape index (κ3) is 2.04. The number of nitrogens with zero attached hydrogens (tertiary/aromatic N) is 2. The summed E-state index contributed by atoms with van der Waals surface area (Å²) in [6.07, 6.45) is 5.54. The van der Waals surface area contributed by atoms with Crippen molar-refractivity contribution in [1.82, 2.24) is 9.55 Å². The van der Waals surface area contributed by atoms with Crippen LogP contribution in [0.25, 0.3) is 11.3 Å². The number of rotatable bonds is 2. The Balaban J connectivity index is 0.00000120. The molecule has 1 aliphatic rings. The van der Waals surface area contributed by atoms with E-state index in [4.69, 9.17) is 11.6 Å². The van der Waals surface area contributed by atoms with E-state index in [2.05, 4.69) is 9.55 Å². The Bertz CT molecular complexity index is 578. The highest BCUT2D eigenvalue weighted by atomic mass is 35.5. The summed E-state index contributed by atoms with van der Waals surface area (Å²) in [5.74, 6) is 0. The van der Waals surface area contributed by atoms with Gasteiger partial charge in [0, 0.05) is 30.2 Å². The second kappa shape index (κ2) is 5.12. The van der Waals surface area contributed by atoms with Crippen LogP contribution in [-0.4, -0.2) is 14.8 Å². The van der Waals surface area contributed by atoms with Gasteiger partial charge in [0.25, 0.3) is 5.24 Å². The van der Waals surface area contributed by atoms with Crippen molar-refractivity contribution in [2.45, 2.75) is 19.4 Å². The molecule has 3 nitrogen and oxygen atoms in total. The number of hydrogen-bond donors (Lipinski definition) is 0. The molecule has 1 aliphatic heterocycles. The molecule has 0 aromatic carbocycles. The van der Waals surface area contributed by atoms with Crippen molar-refractivity contribution in [1.29, 1.82) is 0 Å². The van der Waals surface area contributed by atoms with Crippen LogP contribution in [0.15, 0.2) is 30.6 Å². The van der Waals surface area contributed by atoms with Gasteiger partial charge in [-0.15, -0.1) is 12.4 Å². The van der Waals surface area contributed by atoms with Crippen molar-refractivity contribution in [2.75, 3.05) is 0 Å². The Morgan fingerprint density at radius 2 is 2.28 bits per heavy atom. The molecular weight excluding hydrogens is 271 g/mol. The molecule has 0 bridgehead atoms. The quantitative estimate of drug-likeness (QED) is 0.793. The van der Waals surface area contributed by atoms with Gasteiger partial charge in [0.1, 0.15) is 0 Å². The molecule has 5 heteroatoms. The van der Waals surface area contributed by atoms with Gasteiger partial charge in [0.2, 0.25) is 0 Å². The van der Waals surface area contributed by atoms with Crippen LogP contribution in [-0.2, 0) is 13.0 Å². The molecule has 0 unspecified atom stereocenters. The van der Waals surface area contributed by atoms with Crippen molar-refractivity contribution >= 4 is 29.3 Å². The second-order valence-corrected chi connectivity index (χ2v) is 4.50. The van der Waals surface area contributed by atoms with Gasteiger partial charge >= 0.3 is 0 Å². The van der Waals surface area contributed by atoms with E-state index in [1.807, 2.05) is 24.4 Å². The molecule has 0 saturated heterocycles. The van der Waals surface area contributed by atoms with Crippen LogP contribution in [0.5, 0.6) is 0 Å². The Morgan fingerprint density at radius 3 is 2.94 bits per heavy atom. The molecule has 0 aliphatic carbocycles. The maximum absolute atomic E-state index is 11.4. The van der Waals surface area contributed by atoms with E-state index < -0.39 is 0 Å². The first-order chi connectivity index (χ1) is 8.27. The minimum atomic E-state index is -0.370. The molecule has 3 rings (SSSR count). The highest BCUT2D eigenvalue weighted by Gasteiger charge is 2.23. The summed E-state index contributed by atoms with van der Waals surface area (Å²) in [6, 6.07) is 5.77. The first-order valence-corrected chi connectivity index (χ1v) is 5.98. The molecule has 0 N–H and O–H groups in total. The maximum atomic E-state index is 11.4. The molecule has 2 aromatic heterocycles. The van der Waals surface area contributed by atoms with Crippen molar-refractivity contribution < 1.29 is 4.79 Å². The molecule has 2 aromatic rings. The monoisotopic (exact) mass is 282 g/mol. The summed E-state index contributed by atoms with van der Waals surface area (Å²) in [4.78, 5) is 15.5. The number of aromatic nitrogens is 2. The SMILES string of the molecule is Cl.O=C(Cl)c1cc(-c2cccnc2)n2c1CCC2. The zero-order valence-electron chi connectivity index (χ0n) is 9.60. The van der Waals surface area contributed by atoms with Crippen LogP contribution < -0.4 is 0 Å². The van der Waals surface area contributed by atoms with Gasteiger partial charge in [-0.2, -0.15) is 0 Å². The molecule has 0 fully saturated rings. The predicted octanol–water partition coefficient (Wildman–Crippen LogP) is 3.30. The predicted molar refractivity (Wildman–Crippen MR) is 73.4 cm³/mol. The lowest BCUT2D eigenvalue weighted by atomic mass is 10.1. The summed E-state index contributed by atoms with van der Waals surface area (Å²) in [6.45, 7) is 0.948. The maximum Gasteiger partial charge on any atom is 0.254 e. The van der Waals surface area contributed by atoms with Gasteiger partial charge in [-0.25, -0.2) is 0 Å². The third-order valence-electron chi connectivity index (χ3n) is 3.17. The van der Waals surface area contributed by atoms with E-state index in [-0.39, 0.29) is 17.6 Å². The van der Waals surface area contributed by atoms with E-state index in [9.17, 15) is 4.79 Å². The molecular formula is C13H12Cl2N2O. The Morgan fingerprint density at radius 1 is 1.44 bits per heavy atom. The lowest BCUT2D eigenvalue weighted by Crippen LogP contribution is -1.96. The molecule has 0 radical (unpaired) electrons. The van der Waals surface area contributed by atoms with Gasteiger partial charge in [-0.05, 0) is 42.6 Å². The second-order valence-electron chi connectivity index (χ2n) is 4.16. The summed E-state index contributed by atoms with van der Waals surface area (Å²) >= 11 is 5.62. The van der Waals surface area contributed by atoms with E-state index in [1.165, 1.54) is 0 Å². The average Bonchev–Trinajstić information content (AvgIpc) is 2.90. The standard InChI is InChI=1S/C13H11ClN2O.ClH/c14-13(17)10-7-12(9-3-1-5-15-8-9)16-6-2-4-11(10)16;/h1,3,5,7-8H,2,4,6H2;1H. The van der Waals surface area contributed by atoms with Crippen molar-refractivity contribution in [3.05, 3.63) is 41.9 Å². The van der Waals surface area contributed by atoms with Crippen molar-refractivity contribution in [3.63, 3.8) is 0 Å². The van der Waals surface area contributed by atoms with Gasteiger partial charge < -0.3 is 4.57 Å². The van der Waals surface area contributed by atoms with Crippen LogP contribution in [0.2, 0.25) is 0 Å². The van der Waals surface area contributed by atoms with E-state index in [0.29, 0.717) is 5.56 Å². The first-order valence-electron chi connectivity index (χ1n) is 5.60. The van der Waals surface area contributed by atoms with Crippen LogP contribution in [0.1, 0.15) is 22.5 Å². The normalized spacial score (nSPS) is 12.9. The number of hydrogen-bond acceptors (Lipinski definition) is 2. The lowest BCUT2D eigenvalue weighted by Gasteiger charge is -2.04. The van der Waals surface area contributed by atoms with Gasteiger partial charge in [-0.1, -0.05) is 0 Å². The molecule has 0 spiro atoms. The largest absolute Gasteiger partial charge is 0.344 e. The Kier molecular flexibility index (Phi) is 3.73. The van der Waals surface area contributed by atoms with Crippen LogP contribution in [0.4, 0.5) is 0 Å². The minimum absolute atomic E-state index is 0. The molecule has 3 heterocycles. The Hall–Kier alpha value is -1.32. The van der Waals surface area contributed by atoms with E-state index in [0.717, 1.165) is 36.3 Å². The van der Waals surface area contributed by atoms with E-state index in [1.54, 1.807) is 6.20 Å². The van der Waals surface area contributed by atoms with Gasteiger partial charge in [0.05, 0.1) is 11.3 Å².